The van der Waals surface area contributed by atoms with E-state index < -0.39 is 0 Å². The Balaban J connectivity index is 1.39. The molecule has 2 aromatic heterocycles. The van der Waals surface area contributed by atoms with Gasteiger partial charge in [-0.1, -0.05) is 18.2 Å². The molecule has 0 unspecified atom stereocenters. The van der Waals surface area contributed by atoms with Crippen molar-refractivity contribution < 1.29 is 4.79 Å². The average Bonchev–Trinajstić information content (AvgIpc) is 3.17. The van der Waals surface area contributed by atoms with E-state index >= 15 is 0 Å². The van der Waals surface area contributed by atoms with Gasteiger partial charge in [-0.2, -0.15) is 0 Å². The number of carbonyl (C=O) groups is 1. The second-order valence-electron chi connectivity index (χ2n) is 8.66. The van der Waals surface area contributed by atoms with Gasteiger partial charge in [0.1, 0.15) is 0 Å². The molecule has 1 aliphatic rings. The number of anilines is 1. The molecule has 0 spiro atoms. The lowest BCUT2D eigenvalue weighted by Crippen LogP contribution is -2.42. The third-order valence-electron chi connectivity index (χ3n) is 6.54. The highest BCUT2D eigenvalue weighted by Gasteiger charge is 2.28. The van der Waals surface area contributed by atoms with Gasteiger partial charge in [-0.15, -0.1) is 0 Å². The zero-order valence-electron chi connectivity index (χ0n) is 18.3. The van der Waals surface area contributed by atoms with Crippen LogP contribution in [0.15, 0.2) is 48.8 Å². The number of benzene rings is 1. The fraction of sp³-hybridized carbons (Fsp3) is 0.440. The Kier molecular flexibility index (Phi) is 6.07. The number of nitrogens with zero attached hydrogens (tertiary/aromatic N) is 3. The SMILES string of the molecule is CC(=O)N(CCc1c[nH]c2ccccc12)C1CCC(c2cc(N(C)C)ccn2)CC1. The molecule has 5 heteroatoms. The van der Waals surface area contributed by atoms with E-state index in [4.69, 9.17) is 0 Å². The van der Waals surface area contributed by atoms with Crippen LogP contribution in [0.2, 0.25) is 0 Å². The normalized spacial score (nSPS) is 19.0. The van der Waals surface area contributed by atoms with E-state index in [9.17, 15) is 4.79 Å². The highest BCUT2D eigenvalue weighted by atomic mass is 16.2. The summed E-state index contributed by atoms with van der Waals surface area (Å²) >= 11 is 0. The van der Waals surface area contributed by atoms with E-state index in [1.54, 1.807) is 6.92 Å². The van der Waals surface area contributed by atoms with Crippen molar-refractivity contribution in [2.75, 3.05) is 25.5 Å². The summed E-state index contributed by atoms with van der Waals surface area (Å²) in [6.07, 6.45) is 9.16. The van der Waals surface area contributed by atoms with Crippen LogP contribution in [0.1, 0.15) is 49.8 Å². The predicted molar refractivity (Wildman–Crippen MR) is 123 cm³/mol. The Labute approximate surface area is 179 Å². The molecule has 0 aliphatic heterocycles. The van der Waals surface area contributed by atoms with Crippen molar-refractivity contribution in [3.63, 3.8) is 0 Å². The minimum absolute atomic E-state index is 0.186. The van der Waals surface area contributed by atoms with Gasteiger partial charge in [0.2, 0.25) is 5.91 Å². The maximum absolute atomic E-state index is 12.4. The van der Waals surface area contributed by atoms with Gasteiger partial charge < -0.3 is 14.8 Å². The summed E-state index contributed by atoms with van der Waals surface area (Å²) < 4.78 is 0. The monoisotopic (exact) mass is 404 g/mol. The first-order valence-electron chi connectivity index (χ1n) is 11.0. The van der Waals surface area contributed by atoms with Crippen LogP contribution < -0.4 is 4.90 Å². The lowest BCUT2D eigenvalue weighted by atomic mass is 9.83. The van der Waals surface area contributed by atoms with Gasteiger partial charge in [-0.05, 0) is 55.9 Å². The average molecular weight is 405 g/mol. The number of H-pyrrole nitrogens is 1. The topological polar surface area (TPSA) is 52.2 Å². The second kappa shape index (κ2) is 8.90. The Morgan fingerprint density at radius 1 is 1.13 bits per heavy atom. The third-order valence-corrected chi connectivity index (χ3v) is 6.54. The van der Waals surface area contributed by atoms with Crippen molar-refractivity contribution in [2.45, 2.75) is 51.0 Å². The number of aromatic amines is 1. The van der Waals surface area contributed by atoms with E-state index in [1.165, 1.54) is 22.3 Å². The largest absolute Gasteiger partial charge is 0.378 e. The van der Waals surface area contributed by atoms with Crippen LogP contribution in [0.4, 0.5) is 5.69 Å². The second-order valence-corrected chi connectivity index (χ2v) is 8.66. The van der Waals surface area contributed by atoms with E-state index in [0.717, 1.165) is 44.2 Å². The molecule has 3 aromatic rings. The van der Waals surface area contributed by atoms with Crippen LogP contribution in [0.25, 0.3) is 10.9 Å². The van der Waals surface area contributed by atoms with E-state index in [2.05, 4.69) is 70.4 Å². The summed E-state index contributed by atoms with van der Waals surface area (Å²) in [5.74, 6) is 0.676. The van der Waals surface area contributed by atoms with Gasteiger partial charge in [0, 0.05) is 74.2 Å². The van der Waals surface area contributed by atoms with Crippen LogP contribution in [-0.2, 0) is 11.2 Å². The number of para-hydroxylation sites is 1. The van der Waals surface area contributed by atoms with Gasteiger partial charge in [-0.3, -0.25) is 9.78 Å². The molecule has 0 bridgehead atoms. The Bertz CT molecular complexity index is 1000. The number of carbonyl (C=O) groups excluding carboxylic acids is 1. The smallest absolute Gasteiger partial charge is 0.219 e. The number of rotatable bonds is 6. The molecule has 0 atom stereocenters. The first-order valence-corrected chi connectivity index (χ1v) is 11.0. The summed E-state index contributed by atoms with van der Waals surface area (Å²) in [6.45, 7) is 2.49. The molecule has 2 heterocycles. The minimum atomic E-state index is 0.186. The predicted octanol–water partition coefficient (Wildman–Crippen LogP) is 4.75. The summed E-state index contributed by atoms with van der Waals surface area (Å²) in [7, 11) is 4.13. The fourth-order valence-electron chi connectivity index (χ4n) is 4.80. The molecule has 158 valence electrons. The molecule has 1 N–H and O–H groups in total. The molecule has 5 nitrogen and oxygen atoms in total. The number of hydrogen-bond acceptors (Lipinski definition) is 3. The number of hydrogen-bond donors (Lipinski definition) is 1. The summed E-state index contributed by atoms with van der Waals surface area (Å²) in [6, 6.07) is 13.0. The van der Waals surface area contributed by atoms with Gasteiger partial charge in [0.05, 0.1) is 0 Å². The molecule has 1 aromatic carbocycles. The Morgan fingerprint density at radius 3 is 2.63 bits per heavy atom. The van der Waals surface area contributed by atoms with Crippen molar-refractivity contribution in [1.29, 1.82) is 0 Å². The first-order chi connectivity index (χ1) is 14.5. The van der Waals surface area contributed by atoms with Crippen LogP contribution in [0.3, 0.4) is 0 Å². The standard InChI is InChI=1S/C25H32N4O/c1-18(30)29(15-13-20-17-27-24-7-5-4-6-23(20)24)21-10-8-19(9-11-21)25-16-22(28(2)3)12-14-26-25/h4-7,12,14,16-17,19,21,27H,8-11,13,15H2,1-3H3. The molecule has 1 fully saturated rings. The van der Waals surface area contributed by atoms with Gasteiger partial charge in [-0.25, -0.2) is 0 Å². The molecular formula is C25H32N4O. The zero-order valence-corrected chi connectivity index (χ0v) is 18.3. The first kappa shape index (κ1) is 20.5. The van der Waals surface area contributed by atoms with Crippen LogP contribution in [0.5, 0.6) is 0 Å². The number of fused-ring (bicyclic) bond motifs is 1. The summed E-state index contributed by atoms with van der Waals surface area (Å²) in [5, 5.41) is 1.26. The fourth-order valence-corrected chi connectivity index (χ4v) is 4.80. The molecule has 30 heavy (non-hydrogen) atoms. The maximum atomic E-state index is 12.4. The van der Waals surface area contributed by atoms with Crippen molar-refractivity contribution >= 4 is 22.5 Å². The number of amides is 1. The van der Waals surface area contributed by atoms with Crippen molar-refractivity contribution in [2.24, 2.45) is 0 Å². The molecular weight excluding hydrogens is 372 g/mol. The van der Waals surface area contributed by atoms with Gasteiger partial charge in [0.25, 0.3) is 0 Å². The van der Waals surface area contributed by atoms with E-state index in [-0.39, 0.29) is 5.91 Å². The molecule has 1 saturated carbocycles. The minimum Gasteiger partial charge on any atom is -0.378 e. The summed E-state index contributed by atoms with van der Waals surface area (Å²) in [5.41, 5.74) is 4.84. The Hall–Kier alpha value is -2.82. The van der Waals surface area contributed by atoms with E-state index in [0.29, 0.717) is 12.0 Å². The number of nitrogens with one attached hydrogen (secondary N) is 1. The van der Waals surface area contributed by atoms with E-state index in [1.807, 2.05) is 12.3 Å². The highest BCUT2D eigenvalue weighted by molar-refractivity contribution is 5.83. The van der Waals surface area contributed by atoms with Gasteiger partial charge >= 0.3 is 0 Å². The lowest BCUT2D eigenvalue weighted by molar-refractivity contribution is -0.131. The molecule has 1 amide bonds. The number of pyridine rings is 1. The Morgan fingerprint density at radius 2 is 1.90 bits per heavy atom. The molecule has 0 radical (unpaired) electrons. The van der Waals surface area contributed by atoms with Crippen LogP contribution >= 0.6 is 0 Å². The third kappa shape index (κ3) is 4.35. The molecule has 1 aliphatic carbocycles. The van der Waals surface area contributed by atoms with Crippen LogP contribution in [-0.4, -0.2) is 47.5 Å². The molecule has 0 saturated heterocycles. The quantitative estimate of drug-likeness (QED) is 0.645. The lowest BCUT2D eigenvalue weighted by Gasteiger charge is -2.36. The van der Waals surface area contributed by atoms with Gasteiger partial charge in [0.15, 0.2) is 0 Å². The van der Waals surface area contributed by atoms with Crippen molar-refractivity contribution in [1.82, 2.24) is 14.9 Å². The summed E-state index contributed by atoms with van der Waals surface area (Å²) in [4.78, 5) is 24.6. The molecule has 4 rings (SSSR count). The number of aromatic nitrogens is 2. The maximum Gasteiger partial charge on any atom is 0.219 e. The zero-order chi connectivity index (χ0) is 21.1. The highest BCUT2D eigenvalue weighted by Crippen LogP contribution is 2.35. The van der Waals surface area contributed by atoms with Crippen LogP contribution in [0, 0.1) is 0 Å². The van der Waals surface area contributed by atoms with Crippen molar-refractivity contribution in [3.8, 4) is 0 Å². The van der Waals surface area contributed by atoms with Crippen molar-refractivity contribution in [3.05, 3.63) is 60.0 Å².